The van der Waals surface area contributed by atoms with Crippen molar-refractivity contribution in [1.29, 1.82) is 0 Å². The molecule has 0 unspecified atom stereocenters. The molecule has 1 N–H and O–H groups in total. The molecule has 0 aromatic carbocycles. The number of hydrogen-bond donors (Lipinski definition) is 1. The largest absolute Gasteiger partial charge is 0.391 e. The lowest BCUT2D eigenvalue weighted by Gasteiger charge is -2.04. The first-order valence-electron chi connectivity index (χ1n) is 4.57. The van der Waals surface area contributed by atoms with E-state index in [2.05, 4.69) is 21.1 Å². The van der Waals surface area contributed by atoms with E-state index in [1.165, 1.54) is 12.8 Å². The molecule has 13 heavy (non-hydrogen) atoms. The highest BCUT2D eigenvalue weighted by Gasteiger charge is 2.25. The van der Waals surface area contributed by atoms with Crippen LogP contribution in [0.25, 0.3) is 0 Å². The third-order valence-corrected chi connectivity index (χ3v) is 3.28. The van der Waals surface area contributed by atoms with Crippen molar-refractivity contribution in [3.63, 3.8) is 0 Å². The quantitative estimate of drug-likeness (QED) is 0.872. The van der Waals surface area contributed by atoms with E-state index in [-0.39, 0.29) is 6.61 Å². The Morgan fingerprint density at radius 2 is 2.15 bits per heavy atom. The molecule has 0 aliphatic heterocycles. The van der Waals surface area contributed by atoms with Crippen LogP contribution in [0.2, 0.25) is 0 Å². The maximum absolute atomic E-state index is 9.12. The van der Waals surface area contributed by atoms with E-state index in [1.807, 2.05) is 0 Å². The van der Waals surface area contributed by atoms with Crippen LogP contribution in [-0.2, 0) is 6.61 Å². The number of aromatic nitrogens is 1. The van der Waals surface area contributed by atoms with Gasteiger partial charge in [-0.15, -0.1) is 0 Å². The van der Waals surface area contributed by atoms with Crippen LogP contribution in [0.4, 0.5) is 0 Å². The average Bonchev–Trinajstić information content (AvgIpc) is 2.71. The van der Waals surface area contributed by atoms with Gasteiger partial charge in [-0.05, 0) is 28.8 Å². The lowest BCUT2D eigenvalue weighted by Crippen LogP contribution is -1.95. The van der Waals surface area contributed by atoms with Crippen LogP contribution in [0.1, 0.15) is 42.9 Å². The molecule has 0 amide bonds. The van der Waals surface area contributed by atoms with Gasteiger partial charge in [0.2, 0.25) is 0 Å². The molecule has 0 atom stereocenters. The molecule has 0 spiro atoms. The monoisotopic (exact) mass is 245 g/mol. The summed E-state index contributed by atoms with van der Waals surface area (Å²) in [5.41, 5.74) is 0.826. The van der Waals surface area contributed by atoms with E-state index >= 15 is 0 Å². The summed E-state index contributed by atoms with van der Waals surface area (Å²) in [6.45, 7) is 0.00984. The molecule has 2 rings (SSSR count). The second kappa shape index (κ2) is 3.80. The van der Waals surface area contributed by atoms with Gasteiger partial charge in [0.15, 0.2) is 4.60 Å². The molecule has 3 nitrogen and oxygen atoms in total. The molecule has 0 saturated heterocycles. The van der Waals surface area contributed by atoms with E-state index in [0.717, 1.165) is 24.2 Å². The topological polar surface area (TPSA) is 46.3 Å². The summed E-state index contributed by atoms with van der Waals surface area (Å²) in [6, 6.07) is 0. The van der Waals surface area contributed by atoms with Crippen molar-refractivity contribution in [2.45, 2.75) is 38.2 Å². The minimum Gasteiger partial charge on any atom is -0.391 e. The van der Waals surface area contributed by atoms with Gasteiger partial charge in [0.05, 0.1) is 12.2 Å². The molecule has 0 radical (unpaired) electrons. The molecule has 1 fully saturated rings. The van der Waals surface area contributed by atoms with E-state index in [0.29, 0.717) is 10.5 Å². The first-order valence-corrected chi connectivity index (χ1v) is 5.37. The van der Waals surface area contributed by atoms with Crippen LogP contribution in [0.3, 0.4) is 0 Å². The standard InChI is InChI=1S/C9H12BrNO2/c10-9-7(5-12)8(13-11-9)6-3-1-2-4-6/h6,12H,1-5H2. The molecule has 0 bridgehead atoms. The summed E-state index contributed by atoms with van der Waals surface area (Å²) >= 11 is 3.26. The van der Waals surface area contributed by atoms with E-state index in [4.69, 9.17) is 9.63 Å². The Bertz CT molecular complexity index is 292. The Labute approximate surface area is 85.2 Å². The first kappa shape index (κ1) is 9.21. The molecular formula is C9H12BrNO2. The Morgan fingerprint density at radius 1 is 1.46 bits per heavy atom. The van der Waals surface area contributed by atoms with Gasteiger partial charge in [-0.1, -0.05) is 18.0 Å². The number of aliphatic hydroxyl groups is 1. The van der Waals surface area contributed by atoms with Gasteiger partial charge in [-0.2, -0.15) is 0 Å². The Morgan fingerprint density at radius 3 is 2.77 bits per heavy atom. The number of rotatable bonds is 2. The molecule has 1 heterocycles. The molecule has 72 valence electrons. The zero-order valence-electron chi connectivity index (χ0n) is 7.29. The first-order chi connectivity index (χ1) is 6.33. The van der Waals surface area contributed by atoms with Gasteiger partial charge < -0.3 is 9.63 Å². The number of halogens is 1. The van der Waals surface area contributed by atoms with Crippen molar-refractivity contribution < 1.29 is 9.63 Å². The molecule has 1 aromatic rings. The summed E-state index contributed by atoms with van der Waals surface area (Å²) in [6.07, 6.45) is 4.84. The highest BCUT2D eigenvalue weighted by molar-refractivity contribution is 9.10. The van der Waals surface area contributed by atoms with Crippen LogP contribution in [0.15, 0.2) is 9.13 Å². The summed E-state index contributed by atoms with van der Waals surface area (Å²) in [4.78, 5) is 0. The van der Waals surface area contributed by atoms with Crippen LogP contribution in [-0.4, -0.2) is 10.3 Å². The minimum absolute atomic E-state index is 0.00984. The SMILES string of the molecule is OCc1c(Br)noc1C1CCCC1. The van der Waals surface area contributed by atoms with Crippen LogP contribution in [0.5, 0.6) is 0 Å². The van der Waals surface area contributed by atoms with Crippen molar-refractivity contribution in [3.8, 4) is 0 Å². The van der Waals surface area contributed by atoms with Crippen LogP contribution in [0, 0.1) is 0 Å². The fraction of sp³-hybridized carbons (Fsp3) is 0.667. The normalized spacial score (nSPS) is 18.3. The fourth-order valence-electron chi connectivity index (χ4n) is 1.95. The van der Waals surface area contributed by atoms with Gasteiger partial charge in [0.25, 0.3) is 0 Å². The molecule has 1 saturated carbocycles. The predicted octanol–water partition coefficient (Wildman–Crippen LogP) is 2.59. The molecule has 1 aromatic heterocycles. The smallest absolute Gasteiger partial charge is 0.155 e. The van der Waals surface area contributed by atoms with Gasteiger partial charge >= 0.3 is 0 Å². The predicted molar refractivity (Wildman–Crippen MR) is 51.3 cm³/mol. The van der Waals surface area contributed by atoms with E-state index in [9.17, 15) is 0 Å². The summed E-state index contributed by atoms with van der Waals surface area (Å²) < 4.78 is 5.86. The Kier molecular flexibility index (Phi) is 2.69. The van der Waals surface area contributed by atoms with Gasteiger partial charge in [-0.25, -0.2) is 0 Å². The Hall–Kier alpha value is -0.350. The molecule has 1 aliphatic rings. The van der Waals surface area contributed by atoms with Gasteiger partial charge in [0.1, 0.15) is 5.76 Å². The second-order valence-corrected chi connectivity index (χ2v) is 4.21. The third-order valence-electron chi connectivity index (χ3n) is 2.65. The highest BCUT2D eigenvalue weighted by atomic mass is 79.9. The fourth-order valence-corrected chi connectivity index (χ4v) is 2.35. The lowest BCUT2D eigenvalue weighted by atomic mass is 10.0. The van der Waals surface area contributed by atoms with Crippen molar-refractivity contribution in [2.75, 3.05) is 0 Å². The van der Waals surface area contributed by atoms with Crippen molar-refractivity contribution in [1.82, 2.24) is 5.16 Å². The third kappa shape index (κ3) is 1.65. The van der Waals surface area contributed by atoms with Gasteiger partial charge in [-0.3, -0.25) is 0 Å². The maximum atomic E-state index is 9.12. The molecule has 1 aliphatic carbocycles. The Balaban J connectivity index is 2.27. The molecule has 4 heteroatoms. The second-order valence-electron chi connectivity index (χ2n) is 3.46. The van der Waals surface area contributed by atoms with Crippen LogP contribution >= 0.6 is 15.9 Å². The van der Waals surface area contributed by atoms with E-state index in [1.54, 1.807) is 0 Å². The summed E-state index contributed by atoms with van der Waals surface area (Å²) in [5, 5.41) is 12.9. The van der Waals surface area contributed by atoms with Crippen molar-refractivity contribution >= 4 is 15.9 Å². The maximum Gasteiger partial charge on any atom is 0.155 e. The van der Waals surface area contributed by atoms with Crippen LogP contribution < -0.4 is 0 Å². The van der Waals surface area contributed by atoms with E-state index < -0.39 is 0 Å². The minimum atomic E-state index is 0.00984. The number of nitrogens with zero attached hydrogens (tertiary/aromatic N) is 1. The zero-order chi connectivity index (χ0) is 9.26. The average molecular weight is 246 g/mol. The zero-order valence-corrected chi connectivity index (χ0v) is 8.88. The van der Waals surface area contributed by atoms with Gasteiger partial charge in [0, 0.05) is 5.92 Å². The molecular weight excluding hydrogens is 234 g/mol. The lowest BCUT2D eigenvalue weighted by molar-refractivity contribution is 0.274. The highest BCUT2D eigenvalue weighted by Crippen LogP contribution is 2.37. The summed E-state index contributed by atoms with van der Waals surface area (Å²) in [7, 11) is 0. The van der Waals surface area contributed by atoms with Crippen molar-refractivity contribution in [3.05, 3.63) is 15.9 Å². The summed E-state index contributed by atoms with van der Waals surface area (Å²) in [5.74, 6) is 1.35. The number of hydrogen-bond acceptors (Lipinski definition) is 3. The number of aliphatic hydroxyl groups excluding tert-OH is 1. The van der Waals surface area contributed by atoms with Crippen molar-refractivity contribution in [2.24, 2.45) is 0 Å².